The van der Waals surface area contributed by atoms with Gasteiger partial charge in [-0.2, -0.15) is 0 Å². The lowest BCUT2D eigenvalue weighted by molar-refractivity contribution is -0.139. The Morgan fingerprint density at radius 1 is 1.07 bits per heavy atom. The number of ketones is 2. The quantitative estimate of drug-likeness (QED) is 0.174. The second kappa shape index (κ2) is 9.47. The van der Waals surface area contributed by atoms with E-state index in [1.165, 1.54) is 6.07 Å². The fourth-order valence-electron chi connectivity index (χ4n) is 5.45. The van der Waals surface area contributed by atoms with E-state index < -0.39 is 69.2 Å². The van der Waals surface area contributed by atoms with Crippen LogP contribution in [0.3, 0.4) is 0 Å². The average molecular weight is 646 g/mol. The van der Waals surface area contributed by atoms with Crippen molar-refractivity contribution in [2.24, 2.45) is 0 Å². The molecule has 0 saturated heterocycles. The second-order valence-corrected chi connectivity index (χ2v) is 10.6. The van der Waals surface area contributed by atoms with E-state index in [1.807, 2.05) is 0 Å². The van der Waals surface area contributed by atoms with E-state index >= 15 is 0 Å². The Kier molecular flexibility index (Phi) is 6.22. The highest BCUT2D eigenvalue weighted by atomic mass is 79.9. The number of hydrogen-bond acceptors (Lipinski definition) is 14. The van der Waals surface area contributed by atoms with Crippen LogP contribution in [0.1, 0.15) is 54.9 Å². The number of phenolic OH excluding ortho intramolecular Hbond substituents is 3. The number of carbonyl (C=O) groups is 3. The molecular weight excluding hydrogens is 626 g/mol. The summed E-state index contributed by atoms with van der Waals surface area (Å²) in [5.41, 5.74) is -2.42. The highest BCUT2D eigenvalue weighted by Gasteiger charge is 2.52. The number of hydrogen-bond donors (Lipinski definition) is 6. The summed E-state index contributed by atoms with van der Waals surface area (Å²) in [5, 5.41) is 55.8. The van der Waals surface area contributed by atoms with E-state index in [0.29, 0.717) is 0 Å². The number of fused-ring (bicyclic) bond motifs is 4. The van der Waals surface area contributed by atoms with Crippen LogP contribution in [-0.4, -0.2) is 69.1 Å². The maximum Gasteiger partial charge on any atom is 0.374 e. The summed E-state index contributed by atoms with van der Waals surface area (Å²) in [6.45, 7) is -0.440. The summed E-state index contributed by atoms with van der Waals surface area (Å²) < 4.78 is 21.2. The van der Waals surface area contributed by atoms with Gasteiger partial charge in [0.1, 0.15) is 16.8 Å². The van der Waals surface area contributed by atoms with Crippen molar-refractivity contribution in [1.29, 1.82) is 0 Å². The zero-order valence-electron chi connectivity index (χ0n) is 21.4. The van der Waals surface area contributed by atoms with Gasteiger partial charge in [0.15, 0.2) is 23.0 Å². The Hall–Kier alpha value is -4.60. The summed E-state index contributed by atoms with van der Waals surface area (Å²) in [6.07, 6.45) is -2.06. The first-order chi connectivity index (χ1) is 19.9. The van der Waals surface area contributed by atoms with Gasteiger partial charge in [-0.05, 0) is 33.4 Å². The maximum atomic E-state index is 13.2. The Balaban J connectivity index is 1.44. The highest BCUT2D eigenvalue weighted by Crippen LogP contribution is 2.57. The molecular formula is C27H20BrNO13. The van der Waals surface area contributed by atoms with E-state index in [-0.39, 0.29) is 69.6 Å². The molecule has 0 bridgehead atoms. The molecule has 2 unspecified atom stereocenters. The van der Waals surface area contributed by atoms with Crippen molar-refractivity contribution in [2.45, 2.75) is 24.7 Å². The number of ether oxygens (including phenoxy) is 3. The third-order valence-electron chi connectivity index (χ3n) is 7.29. The molecule has 2 aromatic carbocycles. The first kappa shape index (κ1) is 27.6. The summed E-state index contributed by atoms with van der Waals surface area (Å²) >= 11 is 3.04. The summed E-state index contributed by atoms with van der Waals surface area (Å²) in [7, 11) is 1.09. The second-order valence-electron chi connectivity index (χ2n) is 9.76. The van der Waals surface area contributed by atoms with Crippen LogP contribution in [0.25, 0.3) is 10.8 Å². The van der Waals surface area contributed by atoms with E-state index in [0.717, 1.165) is 13.2 Å². The number of Topliss-reactive ketones (excluding diaryl/α,β-unsaturated/α-hetero) is 2. The molecule has 1 aromatic heterocycles. The first-order valence-electron chi connectivity index (χ1n) is 12.4. The van der Waals surface area contributed by atoms with Crippen molar-refractivity contribution in [2.75, 3.05) is 20.3 Å². The number of allylic oxidation sites excluding steroid dienone is 2. The van der Waals surface area contributed by atoms with Gasteiger partial charge in [-0.15, -0.1) is 0 Å². The van der Waals surface area contributed by atoms with Gasteiger partial charge in [0, 0.05) is 17.7 Å². The highest BCUT2D eigenvalue weighted by molar-refractivity contribution is 9.12. The smallest absolute Gasteiger partial charge is 0.374 e. The number of methoxy groups -OCH3 is 1. The van der Waals surface area contributed by atoms with Crippen molar-refractivity contribution in [1.82, 2.24) is 5.32 Å². The summed E-state index contributed by atoms with van der Waals surface area (Å²) in [6, 6.07) is 2.48. The van der Waals surface area contributed by atoms with Crippen LogP contribution in [0.15, 0.2) is 31.5 Å². The predicted molar refractivity (Wildman–Crippen MR) is 142 cm³/mol. The Labute approximate surface area is 242 Å². The number of phenols is 3. The number of halogens is 1. The molecule has 2 aliphatic heterocycles. The largest absolute Gasteiger partial charge is 0.507 e. The molecule has 2 atom stereocenters. The van der Waals surface area contributed by atoms with Gasteiger partial charge in [-0.25, -0.2) is 9.59 Å². The zero-order valence-corrected chi connectivity index (χ0v) is 23.0. The third kappa shape index (κ3) is 3.77. The van der Waals surface area contributed by atoms with Crippen LogP contribution in [0.4, 0.5) is 0 Å². The number of benzene rings is 2. The number of nitrogens with one attached hydrogen (secondary N) is 1. The zero-order chi connectivity index (χ0) is 30.2. The van der Waals surface area contributed by atoms with E-state index in [2.05, 4.69) is 26.0 Å². The van der Waals surface area contributed by atoms with Gasteiger partial charge in [0.25, 0.3) is 5.79 Å². The maximum absolute atomic E-state index is 13.2. The molecule has 42 heavy (non-hydrogen) atoms. The van der Waals surface area contributed by atoms with Crippen LogP contribution in [0, 0.1) is 0 Å². The van der Waals surface area contributed by atoms with Crippen LogP contribution >= 0.6 is 15.9 Å². The van der Waals surface area contributed by atoms with E-state index in [1.54, 1.807) is 0 Å². The number of carbonyl (C=O) groups excluding carboxylic acids is 3. The van der Waals surface area contributed by atoms with E-state index in [9.17, 15) is 39.6 Å². The SMILES string of the molecule is COC(=O)c1cc2cc3c(c(O)c2c(=O)o1)OC1(Cc2c(O)c4c(c(O)c2O1)C(=O)C(NCCO)=C(Br)C4=O)CC3O. The normalized spacial score (nSPS) is 20.6. The summed E-state index contributed by atoms with van der Waals surface area (Å²) in [5.74, 6) is -7.80. The van der Waals surface area contributed by atoms with Crippen molar-refractivity contribution in [3.8, 4) is 28.7 Å². The van der Waals surface area contributed by atoms with Gasteiger partial charge in [0.05, 0.1) is 48.3 Å². The van der Waals surface area contributed by atoms with Crippen molar-refractivity contribution in [3.05, 3.63) is 60.7 Å². The Bertz CT molecular complexity index is 1860. The number of aliphatic hydroxyl groups is 2. The molecule has 15 heteroatoms. The minimum absolute atomic E-state index is 0.0393. The topological polar surface area (TPSA) is 222 Å². The fraction of sp³-hybridized carbons (Fsp3) is 0.259. The molecule has 6 rings (SSSR count). The van der Waals surface area contributed by atoms with Gasteiger partial charge in [0.2, 0.25) is 17.3 Å². The Morgan fingerprint density at radius 2 is 1.76 bits per heavy atom. The monoisotopic (exact) mass is 645 g/mol. The van der Waals surface area contributed by atoms with Gasteiger partial charge >= 0.3 is 11.6 Å². The third-order valence-corrected chi connectivity index (χ3v) is 8.05. The molecule has 1 aliphatic carbocycles. The first-order valence-corrected chi connectivity index (χ1v) is 13.1. The molecule has 3 heterocycles. The molecule has 1 spiro atoms. The number of aromatic hydroxyl groups is 3. The average Bonchev–Trinajstić information content (AvgIpc) is 3.32. The van der Waals surface area contributed by atoms with E-state index in [4.69, 9.17) is 19.0 Å². The van der Waals surface area contributed by atoms with Gasteiger partial charge in [-0.1, -0.05) is 0 Å². The molecule has 6 N–H and O–H groups in total. The molecule has 0 fully saturated rings. The molecule has 218 valence electrons. The minimum atomic E-state index is -1.86. The predicted octanol–water partition coefficient (Wildman–Crippen LogP) is 1.41. The number of esters is 1. The van der Waals surface area contributed by atoms with Crippen molar-refractivity contribution >= 4 is 44.2 Å². The molecule has 0 amide bonds. The van der Waals surface area contributed by atoms with Crippen molar-refractivity contribution < 1.29 is 58.5 Å². The lowest BCUT2D eigenvalue weighted by atomic mass is 9.86. The molecule has 0 saturated carbocycles. The molecule has 3 aromatic rings. The van der Waals surface area contributed by atoms with Crippen LogP contribution in [0.5, 0.6) is 28.7 Å². The number of rotatable bonds is 4. The molecule has 14 nitrogen and oxygen atoms in total. The molecule has 0 radical (unpaired) electrons. The van der Waals surface area contributed by atoms with Gasteiger partial charge < -0.3 is 49.5 Å². The number of aliphatic hydroxyl groups excluding tert-OH is 2. The summed E-state index contributed by atoms with van der Waals surface area (Å²) in [4.78, 5) is 50.9. The standard InChI is InChI=1S/C27H20BrNO13/c1-39-25(37)12-5-8-4-9-11(31)7-27(41-23(9)21(35)13(8)26(38)40-12)6-10-18(32)14-15(22(36)24(10)42-27)20(34)17(29-2-3-30)16(28)19(14)33/h4-5,11,29-32,35-36H,2-3,6-7H2,1H3. The Morgan fingerprint density at radius 3 is 2.45 bits per heavy atom. The molecule has 3 aliphatic rings. The van der Waals surface area contributed by atoms with Crippen LogP contribution in [0.2, 0.25) is 0 Å². The lowest BCUT2D eigenvalue weighted by Gasteiger charge is -2.37. The van der Waals surface area contributed by atoms with Crippen LogP contribution < -0.4 is 20.4 Å². The fourth-order valence-corrected chi connectivity index (χ4v) is 5.97. The minimum Gasteiger partial charge on any atom is -0.507 e. The van der Waals surface area contributed by atoms with Gasteiger partial charge in [-0.3, -0.25) is 9.59 Å². The van der Waals surface area contributed by atoms with Crippen molar-refractivity contribution in [3.63, 3.8) is 0 Å². The van der Waals surface area contributed by atoms with Crippen LogP contribution in [-0.2, 0) is 11.2 Å². The lowest BCUT2D eigenvalue weighted by Crippen LogP contribution is -2.45.